The highest BCUT2D eigenvalue weighted by molar-refractivity contribution is 5.72. The second-order valence-electron chi connectivity index (χ2n) is 8.38. The molecule has 1 saturated heterocycles. The van der Waals surface area contributed by atoms with Gasteiger partial charge in [0.15, 0.2) is 0 Å². The van der Waals surface area contributed by atoms with Gasteiger partial charge in [-0.3, -0.25) is 4.79 Å². The Labute approximate surface area is 168 Å². The van der Waals surface area contributed by atoms with Gasteiger partial charge < -0.3 is 24.6 Å². The lowest BCUT2D eigenvalue weighted by Crippen LogP contribution is -2.59. The first-order valence-corrected chi connectivity index (χ1v) is 9.73. The van der Waals surface area contributed by atoms with E-state index in [9.17, 15) is 9.59 Å². The second-order valence-corrected chi connectivity index (χ2v) is 8.38. The van der Waals surface area contributed by atoms with Crippen LogP contribution in [0.2, 0.25) is 0 Å². The van der Waals surface area contributed by atoms with Gasteiger partial charge in [-0.2, -0.15) is 0 Å². The number of esters is 1. The van der Waals surface area contributed by atoms with Crippen molar-refractivity contribution in [1.29, 1.82) is 0 Å². The summed E-state index contributed by atoms with van der Waals surface area (Å²) in [5, 5.41) is 3.30. The molecule has 1 aromatic rings. The average molecular weight is 392 g/mol. The van der Waals surface area contributed by atoms with Crippen LogP contribution < -0.4 is 5.32 Å². The molecule has 1 aliphatic rings. The van der Waals surface area contributed by atoms with Crippen molar-refractivity contribution in [3.63, 3.8) is 0 Å². The number of hydrogen-bond acceptors (Lipinski definition) is 6. The molecule has 2 atom stereocenters. The van der Waals surface area contributed by atoms with Gasteiger partial charge in [-0.05, 0) is 46.9 Å². The molecular formula is C21H33N3O4. The molecular weight excluding hydrogens is 358 g/mol. The van der Waals surface area contributed by atoms with Crippen molar-refractivity contribution >= 4 is 12.1 Å². The molecule has 1 fully saturated rings. The Morgan fingerprint density at radius 1 is 1.21 bits per heavy atom. The fraction of sp³-hybridized carbons (Fsp3) is 0.619. The third-order valence-electron chi connectivity index (χ3n) is 4.64. The van der Waals surface area contributed by atoms with Crippen molar-refractivity contribution in [3.8, 4) is 0 Å². The van der Waals surface area contributed by atoms with E-state index in [0.29, 0.717) is 13.1 Å². The summed E-state index contributed by atoms with van der Waals surface area (Å²) < 4.78 is 10.8. The van der Waals surface area contributed by atoms with E-state index >= 15 is 0 Å². The lowest BCUT2D eigenvalue weighted by Gasteiger charge is -2.41. The summed E-state index contributed by atoms with van der Waals surface area (Å²) in [6.45, 7) is 7.12. The average Bonchev–Trinajstić information content (AvgIpc) is 2.63. The molecule has 1 N–H and O–H groups in total. The van der Waals surface area contributed by atoms with E-state index in [1.54, 1.807) is 4.90 Å². The minimum atomic E-state index is -0.494. The van der Waals surface area contributed by atoms with Gasteiger partial charge in [0.2, 0.25) is 0 Å². The van der Waals surface area contributed by atoms with Gasteiger partial charge in [-0.1, -0.05) is 30.3 Å². The Morgan fingerprint density at radius 2 is 1.89 bits per heavy atom. The smallest absolute Gasteiger partial charge is 0.410 e. The predicted molar refractivity (Wildman–Crippen MR) is 108 cm³/mol. The summed E-state index contributed by atoms with van der Waals surface area (Å²) >= 11 is 0. The summed E-state index contributed by atoms with van der Waals surface area (Å²) in [6.07, 6.45) is 0.438. The third-order valence-corrected chi connectivity index (χ3v) is 4.64. The molecule has 1 amide bonds. The molecule has 0 aliphatic carbocycles. The number of nitrogens with zero attached hydrogens (tertiary/aromatic N) is 2. The first-order valence-electron chi connectivity index (χ1n) is 9.73. The predicted octanol–water partition coefficient (Wildman–Crippen LogP) is 2.26. The van der Waals surface area contributed by atoms with Crippen LogP contribution >= 0.6 is 0 Å². The molecule has 0 saturated carbocycles. The van der Waals surface area contributed by atoms with Crippen LogP contribution in [-0.4, -0.2) is 73.3 Å². The van der Waals surface area contributed by atoms with Crippen LogP contribution in [0.3, 0.4) is 0 Å². The highest BCUT2D eigenvalue weighted by Crippen LogP contribution is 2.17. The van der Waals surface area contributed by atoms with Gasteiger partial charge in [0.1, 0.15) is 12.2 Å². The largest absolute Gasteiger partial charge is 0.459 e. The Kier molecular flexibility index (Phi) is 7.83. The zero-order valence-corrected chi connectivity index (χ0v) is 17.6. The number of carbonyl (C=O) groups is 2. The van der Waals surface area contributed by atoms with Crippen molar-refractivity contribution in [2.45, 2.75) is 51.5 Å². The lowest BCUT2D eigenvalue weighted by molar-refractivity contribution is -0.153. The standard InChI is InChI=1S/C21H33N3O4/c1-21(2,3)28-19(25)13-22-17-11-12-24(14-18(17)23(4)5)20(26)27-15-16-9-7-6-8-10-16/h6-10,17-18,22H,11-15H2,1-5H3/t17-,18-/m0/s1. The van der Waals surface area contributed by atoms with E-state index in [-0.39, 0.29) is 37.3 Å². The van der Waals surface area contributed by atoms with Crippen LogP contribution in [0, 0.1) is 0 Å². The number of carbonyl (C=O) groups excluding carboxylic acids is 2. The Bertz CT molecular complexity index is 643. The van der Waals surface area contributed by atoms with Gasteiger partial charge in [-0.15, -0.1) is 0 Å². The minimum Gasteiger partial charge on any atom is -0.459 e. The fourth-order valence-corrected chi connectivity index (χ4v) is 3.26. The van der Waals surface area contributed by atoms with E-state index < -0.39 is 5.60 Å². The number of likely N-dealkylation sites (tertiary alicyclic amines) is 1. The number of amides is 1. The van der Waals surface area contributed by atoms with Crippen LogP contribution in [0.5, 0.6) is 0 Å². The minimum absolute atomic E-state index is 0.0838. The molecule has 156 valence electrons. The molecule has 2 rings (SSSR count). The molecule has 0 bridgehead atoms. The van der Waals surface area contributed by atoms with Gasteiger partial charge in [0, 0.05) is 25.2 Å². The molecule has 0 radical (unpaired) electrons. The zero-order chi connectivity index (χ0) is 20.7. The van der Waals surface area contributed by atoms with E-state index in [1.807, 2.05) is 65.2 Å². The van der Waals surface area contributed by atoms with E-state index in [0.717, 1.165) is 12.0 Å². The van der Waals surface area contributed by atoms with Crippen LogP contribution in [0.25, 0.3) is 0 Å². The Balaban J connectivity index is 1.85. The SMILES string of the molecule is CN(C)[C@H]1CN(C(=O)OCc2ccccc2)CC[C@@H]1NCC(=O)OC(C)(C)C. The third kappa shape index (κ3) is 7.13. The van der Waals surface area contributed by atoms with Crippen molar-refractivity contribution in [1.82, 2.24) is 15.1 Å². The molecule has 28 heavy (non-hydrogen) atoms. The lowest BCUT2D eigenvalue weighted by atomic mass is 9.98. The molecule has 7 heteroatoms. The topological polar surface area (TPSA) is 71.1 Å². The van der Waals surface area contributed by atoms with E-state index in [2.05, 4.69) is 10.2 Å². The van der Waals surface area contributed by atoms with Crippen molar-refractivity contribution < 1.29 is 19.1 Å². The molecule has 1 aliphatic heterocycles. The Morgan fingerprint density at radius 3 is 2.50 bits per heavy atom. The molecule has 7 nitrogen and oxygen atoms in total. The number of ether oxygens (including phenoxy) is 2. The van der Waals surface area contributed by atoms with Gasteiger partial charge in [0.05, 0.1) is 6.54 Å². The molecule has 0 aromatic heterocycles. The normalized spacial score (nSPS) is 20.1. The monoisotopic (exact) mass is 391 g/mol. The van der Waals surface area contributed by atoms with Gasteiger partial charge in [0.25, 0.3) is 0 Å². The quantitative estimate of drug-likeness (QED) is 0.750. The summed E-state index contributed by atoms with van der Waals surface area (Å²) in [5.74, 6) is -0.269. The van der Waals surface area contributed by atoms with Crippen LogP contribution in [0.4, 0.5) is 4.79 Å². The summed E-state index contributed by atoms with van der Waals surface area (Å²) in [5.41, 5.74) is 0.472. The van der Waals surface area contributed by atoms with Crippen LogP contribution in [-0.2, 0) is 20.9 Å². The zero-order valence-electron chi connectivity index (χ0n) is 17.6. The highest BCUT2D eigenvalue weighted by atomic mass is 16.6. The summed E-state index contributed by atoms with van der Waals surface area (Å²) in [6, 6.07) is 9.83. The number of likely N-dealkylation sites (N-methyl/N-ethyl adjacent to an activating group) is 1. The number of benzene rings is 1. The molecule has 1 heterocycles. The summed E-state index contributed by atoms with van der Waals surface area (Å²) in [4.78, 5) is 28.3. The van der Waals surface area contributed by atoms with Crippen molar-refractivity contribution in [3.05, 3.63) is 35.9 Å². The molecule has 1 aromatic carbocycles. The maximum Gasteiger partial charge on any atom is 0.410 e. The van der Waals surface area contributed by atoms with E-state index in [1.165, 1.54) is 0 Å². The summed E-state index contributed by atoms with van der Waals surface area (Å²) in [7, 11) is 3.96. The van der Waals surface area contributed by atoms with Gasteiger partial charge >= 0.3 is 12.1 Å². The van der Waals surface area contributed by atoms with Crippen LogP contribution in [0.15, 0.2) is 30.3 Å². The first kappa shape index (κ1) is 22.2. The van der Waals surface area contributed by atoms with E-state index in [4.69, 9.17) is 9.47 Å². The first-order chi connectivity index (χ1) is 13.2. The maximum atomic E-state index is 12.5. The number of piperidine rings is 1. The van der Waals surface area contributed by atoms with Gasteiger partial charge in [-0.25, -0.2) is 4.79 Å². The molecule has 0 spiro atoms. The number of hydrogen-bond donors (Lipinski definition) is 1. The van der Waals surface area contributed by atoms with Crippen molar-refractivity contribution in [2.24, 2.45) is 0 Å². The highest BCUT2D eigenvalue weighted by Gasteiger charge is 2.33. The number of rotatable bonds is 6. The number of nitrogens with one attached hydrogen (secondary N) is 1. The fourth-order valence-electron chi connectivity index (χ4n) is 3.26. The maximum absolute atomic E-state index is 12.5. The van der Waals surface area contributed by atoms with Crippen molar-refractivity contribution in [2.75, 3.05) is 33.7 Å². The molecule has 0 unspecified atom stereocenters. The second kappa shape index (κ2) is 9.89. The van der Waals surface area contributed by atoms with Crippen LogP contribution in [0.1, 0.15) is 32.8 Å². The Hall–Kier alpha value is -2.12.